The molecule has 24 heavy (non-hydrogen) atoms. The Morgan fingerprint density at radius 1 is 1.21 bits per heavy atom. The van der Waals surface area contributed by atoms with Gasteiger partial charge in [0.05, 0.1) is 7.11 Å². The number of hydrogen-bond donors (Lipinski definition) is 1. The number of hydrogen-bond acceptors (Lipinski definition) is 3. The minimum Gasteiger partial charge on any atom is -0.497 e. The Bertz CT molecular complexity index is 753. The normalized spacial score (nSPS) is 15.8. The van der Waals surface area contributed by atoms with Gasteiger partial charge >= 0.3 is 0 Å². The standard InChI is InChI=1S/C20H21NO3/c1-14(22)21-11-10-16-12-20(15-6-4-3-5-7-15)24-19-9-8-17(23-2)13-18(16)19/h3-9,12-13,16H,10-11H2,1-2H3,(H,21,22). The van der Waals surface area contributed by atoms with Crippen molar-refractivity contribution in [3.63, 3.8) is 0 Å². The predicted octanol–water partition coefficient (Wildman–Crippen LogP) is 3.74. The van der Waals surface area contributed by atoms with Crippen LogP contribution in [0.3, 0.4) is 0 Å². The molecule has 0 saturated heterocycles. The molecule has 1 unspecified atom stereocenters. The van der Waals surface area contributed by atoms with Gasteiger partial charge in [0, 0.05) is 30.5 Å². The molecular weight excluding hydrogens is 302 g/mol. The first-order chi connectivity index (χ1) is 11.7. The summed E-state index contributed by atoms with van der Waals surface area (Å²) in [4.78, 5) is 11.1. The fraction of sp³-hybridized carbons (Fsp3) is 0.250. The number of carbonyl (C=O) groups is 1. The van der Waals surface area contributed by atoms with Gasteiger partial charge in [-0.15, -0.1) is 0 Å². The third-order valence-corrected chi connectivity index (χ3v) is 4.08. The molecule has 0 radical (unpaired) electrons. The maximum atomic E-state index is 11.1. The lowest BCUT2D eigenvalue weighted by Gasteiger charge is -2.25. The monoisotopic (exact) mass is 323 g/mol. The molecule has 4 heteroatoms. The van der Waals surface area contributed by atoms with Gasteiger partial charge < -0.3 is 14.8 Å². The summed E-state index contributed by atoms with van der Waals surface area (Å²) in [5, 5.41) is 2.87. The zero-order chi connectivity index (χ0) is 16.9. The molecule has 0 bridgehead atoms. The lowest BCUT2D eigenvalue weighted by Crippen LogP contribution is -2.23. The molecule has 0 aromatic heterocycles. The molecule has 124 valence electrons. The quantitative estimate of drug-likeness (QED) is 0.912. The van der Waals surface area contributed by atoms with E-state index in [-0.39, 0.29) is 11.8 Å². The molecule has 1 aliphatic rings. The minimum absolute atomic E-state index is 0.0137. The number of rotatable bonds is 5. The zero-order valence-corrected chi connectivity index (χ0v) is 13.9. The summed E-state index contributed by atoms with van der Waals surface area (Å²) in [6, 6.07) is 15.9. The van der Waals surface area contributed by atoms with E-state index in [0.29, 0.717) is 6.54 Å². The van der Waals surface area contributed by atoms with Crippen LogP contribution >= 0.6 is 0 Å². The van der Waals surface area contributed by atoms with Crippen molar-refractivity contribution in [1.82, 2.24) is 5.32 Å². The Hall–Kier alpha value is -2.75. The average molecular weight is 323 g/mol. The van der Waals surface area contributed by atoms with Crippen molar-refractivity contribution in [2.45, 2.75) is 19.3 Å². The maximum absolute atomic E-state index is 11.1. The first-order valence-corrected chi connectivity index (χ1v) is 8.05. The van der Waals surface area contributed by atoms with Crippen molar-refractivity contribution >= 4 is 11.7 Å². The van der Waals surface area contributed by atoms with Gasteiger partial charge in [0.2, 0.25) is 5.91 Å². The van der Waals surface area contributed by atoms with Crippen molar-refractivity contribution in [3.8, 4) is 11.5 Å². The molecule has 1 aliphatic heterocycles. The van der Waals surface area contributed by atoms with Crippen LogP contribution in [0.1, 0.15) is 30.4 Å². The minimum atomic E-state index is -0.0137. The van der Waals surface area contributed by atoms with Crippen LogP contribution in [-0.2, 0) is 4.79 Å². The van der Waals surface area contributed by atoms with Gasteiger partial charge in [-0.25, -0.2) is 0 Å². The molecule has 1 N–H and O–H groups in total. The van der Waals surface area contributed by atoms with E-state index in [2.05, 4.69) is 11.4 Å². The van der Waals surface area contributed by atoms with Gasteiger partial charge in [-0.1, -0.05) is 30.3 Å². The van der Waals surface area contributed by atoms with E-state index in [0.717, 1.165) is 34.8 Å². The molecule has 3 rings (SSSR count). The molecule has 0 saturated carbocycles. The van der Waals surface area contributed by atoms with Crippen LogP contribution in [0.25, 0.3) is 5.76 Å². The summed E-state index contributed by atoms with van der Waals surface area (Å²) in [5.74, 6) is 2.63. The fourth-order valence-electron chi connectivity index (χ4n) is 2.86. The summed E-state index contributed by atoms with van der Waals surface area (Å²) in [6.45, 7) is 2.15. The van der Waals surface area contributed by atoms with E-state index < -0.39 is 0 Å². The third kappa shape index (κ3) is 3.59. The molecule has 0 aliphatic carbocycles. The fourth-order valence-corrected chi connectivity index (χ4v) is 2.86. The number of carbonyl (C=O) groups excluding carboxylic acids is 1. The molecule has 4 nitrogen and oxygen atoms in total. The summed E-state index contributed by atoms with van der Waals surface area (Å²) in [7, 11) is 1.66. The van der Waals surface area contributed by atoms with E-state index in [1.807, 2.05) is 48.5 Å². The highest BCUT2D eigenvalue weighted by Gasteiger charge is 2.23. The third-order valence-electron chi connectivity index (χ3n) is 4.08. The second kappa shape index (κ2) is 7.21. The highest BCUT2D eigenvalue weighted by molar-refractivity contribution is 5.72. The lowest BCUT2D eigenvalue weighted by molar-refractivity contribution is -0.118. The Morgan fingerprint density at radius 3 is 2.71 bits per heavy atom. The van der Waals surface area contributed by atoms with Crippen molar-refractivity contribution in [1.29, 1.82) is 0 Å². The van der Waals surface area contributed by atoms with Crippen LogP contribution in [0, 0.1) is 0 Å². The van der Waals surface area contributed by atoms with Gasteiger partial charge in [0.1, 0.15) is 17.3 Å². The first kappa shape index (κ1) is 16.1. The second-order valence-electron chi connectivity index (χ2n) is 5.78. The zero-order valence-electron chi connectivity index (χ0n) is 13.9. The van der Waals surface area contributed by atoms with Crippen LogP contribution in [0.2, 0.25) is 0 Å². The van der Waals surface area contributed by atoms with E-state index in [1.54, 1.807) is 7.11 Å². The Morgan fingerprint density at radius 2 is 2.00 bits per heavy atom. The summed E-state index contributed by atoms with van der Waals surface area (Å²) in [5.41, 5.74) is 2.13. The van der Waals surface area contributed by atoms with E-state index in [1.165, 1.54) is 6.92 Å². The largest absolute Gasteiger partial charge is 0.497 e. The highest BCUT2D eigenvalue weighted by atomic mass is 16.5. The van der Waals surface area contributed by atoms with Crippen molar-refractivity contribution in [3.05, 3.63) is 65.7 Å². The van der Waals surface area contributed by atoms with Gasteiger partial charge in [-0.2, -0.15) is 0 Å². The van der Waals surface area contributed by atoms with Crippen molar-refractivity contribution in [2.24, 2.45) is 0 Å². The van der Waals surface area contributed by atoms with Gasteiger partial charge in [0.25, 0.3) is 0 Å². The number of nitrogens with one attached hydrogen (secondary N) is 1. The first-order valence-electron chi connectivity index (χ1n) is 8.05. The van der Waals surface area contributed by atoms with Gasteiger partial charge in [0.15, 0.2) is 0 Å². The molecule has 1 heterocycles. The van der Waals surface area contributed by atoms with Crippen LogP contribution < -0.4 is 14.8 Å². The molecule has 0 fully saturated rings. The van der Waals surface area contributed by atoms with E-state index >= 15 is 0 Å². The number of fused-ring (bicyclic) bond motifs is 1. The topological polar surface area (TPSA) is 47.6 Å². The van der Waals surface area contributed by atoms with Gasteiger partial charge in [-0.05, 0) is 30.7 Å². The van der Waals surface area contributed by atoms with Crippen LogP contribution in [-0.4, -0.2) is 19.6 Å². The second-order valence-corrected chi connectivity index (χ2v) is 5.78. The Kier molecular flexibility index (Phi) is 4.85. The number of amides is 1. The van der Waals surface area contributed by atoms with Crippen LogP contribution in [0.5, 0.6) is 11.5 Å². The van der Waals surface area contributed by atoms with Crippen molar-refractivity contribution < 1.29 is 14.3 Å². The van der Waals surface area contributed by atoms with Gasteiger partial charge in [-0.3, -0.25) is 4.79 Å². The average Bonchev–Trinajstić information content (AvgIpc) is 2.61. The Balaban J connectivity index is 1.91. The lowest BCUT2D eigenvalue weighted by atomic mass is 9.91. The number of benzene rings is 2. The summed E-state index contributed by atoms with van der Waals surface area (Å²) >= 11 is 0. The molecule has 1 amide bonds. The number of ether oxygens (including phenoxy) is 2. The smallest absolute Gasteiger partial charge is 0.216 e. The van der Waals surface area contributed by atoms with E-state index in [4.69, 9.17) is 9.47 Å². The highest BCUT2D eigenvalue weighted by Crippen LogP contribution is 2.40. The Labute approximate surface area is 142 Å². The molecule has 1 atom stereocenters. The van der Waals surface area contributed by atoms with Crippen molar-refractivity contribution in [2.75, 3.05) is 13.7 Å². The molecule has 2 aromatic rings. The number of methoxy groups -OCH3 is 1. The molecule has 2 aromatic carbocycles. The maximum Gasteiger partial charge on any atom is 0.216 e. The van der Waals surface area contributed by atoms with Crippen LogP contribution in [0.15, 0.2) is 54.6 Å². The SMILES string of the molecule is COc1ccc2c(c1)C(CCNC(C)=O)C=C(c1ccccc1)O2. The molecule has 0 spiro atoms. The predicted molar refractivity (Wildman–Crippen MR) is 94.1 cm³/mol. The van der Waals surface area contributed by atoms with E-state index in [9.17, 15) is 4.79 Å². The summed E-state index contributed by atoms with van der Waals surface area (Å²) in [6.07, 6.45) is 2.93. The summed E-state index contributed by atoms with van der Waals surface area (Å²) < 4.78 is 11.4. The van der Waals surface area contributed by atoms with Crippen LogP contribution in [0.4, 0.5) is 0 Å². The molecular formula is C20H21NO3. The number of allylic oxidation sites excluding steroid dienone is 1.